The van der Waals surface area contributed by atoms with Crippen LogP contribution in [0, 0.1) is 5.41 Å². The fraction of sp³-hybridized carbons (Fsp3) is 0.692. The molecule has 3 N–H and O–H groups in total. The summed E-state index contributed by atoms with van der Waals surface area (Å²) in [5.41, 5.74) is 3.87. The standard InChI is InChI=1S/C13H21N3O4/c1-3-13(4-2)10(18)15-12(20)16(11(13)19)8-6-5-7-9(14)17/h3-8H2,1-2H3,(H2,14,17)(H,15,18,20). The average molecular weight is 283 g/mol. The average Bonchev–Trinajstić information content (AvgIpc) is 2.38. The molecular weight excluding hydrogens is 262 g/mol. The number of nitrogens with one attached hydrogen (secondary N) is 1. The molecule has 0 unspecified atom stereocenters. The lowest BCUT2D eigenvalue weighted by Crippen LogP contribution is -2.63. The van der Waals surface area contributed by atoms with E-state index in [4.69, 9.17) is 5.73 Å². The van der Waals surface area contributed by atoms with Crippen molar-refractivity contribution in [3.63, 3.8) is 0 Å². The first-order valence-electron chi connectivity index (χ1n) is 6.84. The van der Waals surface area contributed by atoms with Crippen LogP contribution in [0.3, 0.4) is 0 Å². The molecule has 0 radical (unpaired) electrons. The molecule has 20 heavy (non-hydrogen) atoms. The van der Waals surface area contributed by atoms with Gasteiger partial charge in [-0.3, -0.25) is 24.6 Å². The lowest BCUT2D eigenvalue weighted by Gasteiger charge is -2.38. The number of hydrogen-bond acceptors (Lipinski definition) is 4. The molecule has 112 valence electrons. The van der Waals surface area contributed by atoms with Gasteiger partial charge in [0.1, 0.15) is 5.41 Å². The molecule has 0 atom stereocenters. The molecule has 7 heteroatoms. The zero-order chi connectivity index (χ0) is 15.3. The summed E-state index contributed by atoms with van der Waals surface area (Å²) in [5.74, 6) is -1.38. The second-order valence-corrected chi connectivity index (χ2v) is 4.93. The van der Waals surface area contributed by atoms with E-state index in [-0.39, 0.29) is 13.0 Å². The fourth-order valence-corrected chi connectivity index (χ4v) is 2.38. The van der Waals surface area contributed by atoms with E-state index in [9.17, 15) is 19.2 Å². The Kier molecular flexibility index (Phi) is 5.24. The van der Waals surface area contributed by atoms with Gasteiger partial charge in [-0.05, 0) is 25.7 Å². The predicted molar refractivity (Wildman–Crippen MR) is 71.3 cm³/mol. The minimum Gasteiger partial charge on any atom is -0.370 e. The molecule has 0 aromatic heterocycles. The summed E-state index contributed by atoms with van der Waals surface area (Å²) < 4.78 is 0. The molecule has 1 aliphatic heterocycles. The highest BCUT2D eigenvalue weighted by Crippen LogP contribution is 2.32. The molecule has 1 aliphatic rings. The van der Waals surface area contributed by atoms with Gasteiger partial charge in [0.15, 0.2) is 0 Å². The van der Waals surface area contributed by atoms with E-state index >= 15 is 0 Å². The number of carbonyl (C=O) groups is 4. The van der Waals surface area contributed by atoms with Gasteiger partial charge >= 0.3 is 6.03 Å². The van der Waals surface area contributed by atoms with Crippen LogP contribution < -0.4 is 11.1 Å². The van der Waals surface area contributed by atoms with Crippen molar-refractivity contribution in [2.75, 3.05) is 6.54 Å². The maximum Gasteiger partial charge on any atom is 0.330 e. The number of urea groups is 1. The monoisotopic (exact) mass is 283 g/mol. The van der Waals surface area contributed by atoms with Gasteiger partial charge in [-0.1, -0.05) is 13.8 Å². The van der Waals surface area contributed by atoms with E-state index in [0.717, 1.165) is 4.90 Å². The number of rotatable bonds is 7. The van der Waals surface area contributed by atoms with Crippen LogP contribution in [-0.2, 0) is 14.4 Å². The Bertz CT molecular complexity index is 429. The summed E-state index contributed by atoms with van der Waals surface area (Å²) in [4.78, 5) is 47.8. The summed E-state index contributed by atoms with van der Waals surface area (Å²) in [6.45, 7) is 3.69. The normalized spacial score (nSPS) is 18.1. The SMILES string of the molecule is CCC1(CC)C(=O)NC(=O)N(CCCCC(N)=O)C1=O. The molecular formula is C13H21N3O4. The van der Waals surface area contributed by atoms with Crippen LogP contribution in [0.5, 0.6) is 0 Å². The van der Waals surface area contributed by atoms with Crippen LogP contribution in [-0.4, -0.2) is 35.2 Å². The first kappa shape index (κ1) is 16.1. The molecule has 5 amide bonds. The van der Waals surface area contributed by atoms with E-state index in [2.05, 4.69) is 5.32 Å². The van der Waals surface area contributed by atoms with Gasteiger partial charge in [0, 0.05) is 13.0 Å². The van der Waals surface area contributed by atoms with Gasteiger partial charge in [0.05, 0.1) is 0 Å². The van der Waals surface area contributed by atoms with Gasteiger partial charge in [-0.2, -0.15) is 0 Å². The molecule has 0 spiro atoms. The largest absolute Gasteiger partial charge is 0.370 e. The Labute approximate surface area is 117 Å². The van der Waals surface area contributed by atoms with Gasteiger partial charge in [0.25, 0.3) is 0 Å². The van der Waals surface area contributed by atoms with Crippen molar-refractivity contribution in [2.24, 2.45) is 11.1 Å². The number of nitrogens with two attached hydrogens (primary N) is 1. The fourth-order valence-electron chi connectivity index (χ4n) is 2.38. The number of barbiturate groups is 1. The Hall–Kier alpha value is -1.92. The molecule has 7 nitrogen and oxygen atoms in total. The third-order valence-electron chi connectivity index (χ3n) is 3.82. The molecule has 0 bridgehead atoms. The van der Waals surface area contributed by atoms with Crippen molar-refractivity contribution in [2.45, 2.75) is 46.0 Å². The van der Waals surface area contributed by atoms with Crippen LogP contribution >= 0.6 is 0 Å². The predicted octanol–water partition coefficient (Wildman–Crippen LogP) is 0.527. The summed E-state index contributed by atoms with van der Waals surface area (Å²) >= 11 is 0. The Morgan fingerprint density at radius 2 is 1.80 bits per heavy atom. The molecule has 0 saturated carbocycles. The van der Waals surface area contributed by atoms with E-state index in [1.54, 1.807) is 13.8 Å². The van der Waals surface area contributed by atoms with Crippen LogP contribution in [0.4, 0.5) is 4.79 Å². The first-order chi connectivity index (χ1) is 9.39. The van der Waals surface area contributed by atoms with Crippen molar-refractivity contribution in [3.05, 3.63) is 0 Å². The Balaban J connectivity index is 2.75. The Morgan fingerprint density at radius 3 is 2.30 bits per heavy atom. The highest BCUT2D eigenvalue weighted by atomic mass is 16.2. The summed E-state index contributed by atoms with van der Waals surface area (Å²) in [5, 5.41) is 2.24. The zero-order valence-corrected chi connectivity index (χ0v) is 11.9. The van der Waals surface area contributed by atoms with Crippen molar-refractivity contribution in [1.29, 1.82) is 0 Å². The maximum absolute atomic E-state index is 12.4. The minimum atomic E-state index is -1.16. The van der Waals surface area contributed by atoms with Crippen LogP contribution in [0.2, 0.25) is 0 Å². The van der Waals surface area contributed by atoms with Crippen molar-refractivity contribution in [1.82, 2.24) is 10.2 Å². The van der Waals surface area contributed by atoms with E-state index in [0.29, 0.717) is 25.7 Å². The third-order valence-corrected chi connectivity index (χ3v) is 3.82. The van der Waals surface area contributed by atoms with Crippen LogP contribution in [0.25, 0.3) is 0 Å². The van der Waals surface area contributed by atoms with Crippen molar-refractivity contribution in [3.8, 4) is 0 Å². The molecule has 1 fully saturated rings. The van der Waals surface area contributed by atoms with E-state index in [1.807, 2.05) is 0 Å². The number of imide groups is 2. The van der Waals surface area contributed by atoms with Gasteiger partial charge in [-0.25, -0.2) is 4.79 Å². The summed E-state index contributed by atoms with van der Waals surface area (Å²) in [7, 11) is 0. The van der Waals surface area contributed by atoms with Gasteiger partial charge in [-0.15, -0.1) is 0 Å². The van der Waals surface area contributed by atoms with Crippen LogP contribution in [0.15, 0.2) is 0 Å². The van der Waals surface area contributed by atoms with E-state index in [1.165, 1.54) is 0 Å². The second kappa shape index (κ2) is 6.49. The number of amides is 5. The number of primary amides is 1. The highest BCUT2D eigenvalue weighted by molar-refractivity contribution is 6.19. The summed E-state index contributed by atoms with van der Waals surface area (Å²) in [6, 6.07) is -0.684. The molecule has 1 saturated heterocycles. The van der Waals surface area contributed by atoms with Gasteiger partial charge in [0.2, 0.25) is 17.7 Å². The van der Waals surface area contributed by atoms with Gasteiger partial charge < -0.3 is 5.73 Å². The maximum atomic E-state index is 12.4. The third kappa shape index (κ3) is 2.97. The molecule has 1 heterocycles. The molecule has 0 aliphatic carbocycles. The lowest BCUT2D eigenvalue weighted by atomic mass is 9.78. The topological polar surface area (TPSA) is 110 Å². The number of nitrogens with zero attached hydrogens (tertiary/aromatic N) is 1. The molecule has 1 rings (SSSR count). The molecule has 0 aromatic carbocycles. The lowest BCUT2D eigenvalue weighted by molar-refractivity contribution is -0.152. The highest BCUT2D eigenvalue weighted by Gasteiger charge is 2.51. The Morgan fingerprint density at radius 1 is 1.20 bits per heavy atom. The molecule has 0 aromatic rings. The number of hydrogen-bond donors (Lipinski definition) is 2. The van der Waals surface area contributed by atoms with Crippen LogP contribution in [0.1, 0.15) is 46.0 Å². The smallest absolute Gasteiger partial charge is 0.330 e. The first-order valence-corrected chi connectivity index (χ1v) is 6.84. The summed E-state index contributed by atoms with van der Waals surface area (Å²) in [6.07, 6.45) is 1.90. The zero-order valence-electron chi connectivity index (χ0n) is 11.9. The van der Waals surface area contributed by atoms with Crippen molar-refractivity contribution < 1.29 is 19.2 Å². The number of unbranched alkanes of at least 4 members (excludes halogenated alkanes) is 1. The van der Waals surface area contributed by atoms with E-state index < -0.39 is 29.2 Å². The minimum absolute atomic E-state index is 0.187. The van der Waals surface area contributed by atoms with Crippen molar-refractivity contribution >= 4 is 23.8 Å². The number of carbonyl (C=O) groups excluding carboxylic acids is 4. The quantitative estimate of drug-likeness (QED) is 0.524. The second-order valence-electron chi connectivity index (χ2n) is 4.93.